The van der Waals surface area contributed by atoms with Crippen LogP contribution < -0.4 is 5.32 Å². The first-order valence-corrected chi connectivity index (χ1v) is 7.89. The molecule has 108 valence electrons. The molecule has 3 atom stereocenters. The molecular formula is C16H34N2. The highest BCUT2D eigenvalue weighted by molar-refractivity contribution is 4.93. The molecule has 0 amide bonds. The summed E-state index contributed by atoms with van der Waals surface area (Å²) >= 11 is 0. The largest absolute Gasteiger partial charge is 0.313 e. The molecule has 0 bridgehead atoms. The quantitative estimate of drug-likeness (QED) is 0.780. The standard InChI is InChI=1S/C16H34N2/c1-7-16(4,5)13-10-11-14(17-8-2)15(12-13)18(6)9-3/h13-15,17H,7-12H2,1-6H3. The highest BCUT2D eigenvalue weighted by Crippen LogP contribution is 2.41. The van der Waals surface area contributed by atoms with E-state index in [1.807, 2.05) is 0 Å². The maximum atomic E-state index is 3.70. The molecule has 1 aliphatic carbocycles. The minimum Gasteiger partial charge on any atom is -0.313 e. The third-order valence-corrected chi connectivity index (χ3v) is 5.36. The third kappa shape index (κ3) is 3.71. The van der Waals surface area contributed by atoms with E-state index in [-0.39, 0.29) is 0 Å². The van der Waals surface area contributed by atoms with Crippen LogP contribution in [0.25, 0.3) is 0 Å². The Hall–Kier alpha value is -0.0800. The van der Waals surface area contributed by atoms with Gasteiger partial charge in [-0.1, -0.05) is 41.0 Å². The van der Waals surface area contributed by atoms with E-state index in [0.717, 1.165) is 25.0 Å². The summed E-state index contributed by atoms with van der Waals surface area (Å²) in [6, 6.07) is 1.42. The number of nitrogens with one attached hydrogen (secondary N) is 1. The molecule has 0 saturated heterocycles. The van der Waals surface area contributed by atoms with Crippen LogP contribution in [-0.2, 0) is 0 Å². The second-order valence-corrected chi connectivity index (χ2v) is 6.66. The monoisotopic (exact) mass is 254 g/mol. The van der Waals surface area contributed by atoms with Crippen molar-refractivity contribution in [1.29, 1.82) is 0 Å². The Labute approximate surface area is 115 Å². The highest BCUT2D eigenvalue weighted by Gasteiger charge is 2.38. The summed E-state index contributed by atoms with van der Waals surface area (Å²) in [7, 11) is 2.29. The molecule has 1 rings (SSSR count). The average molecular weight is 254 g/mol. The molecule has 1 N–H and O–H groups in total. The van der Waals surface area contributed by atoms with Crippen LogP contribution in [0, 0.1) is 11.3 Å². The van der Waals surface area contributed by atoms with Crippen LogP contribution in [0.15, 0.2) is 0 Å². The molecule has 0 spiro atoms. The molecule has 18 heavy (non-hydrogen) atoms. The summed E-state index contributed by atoms with van der Waals surface area (Å²) in [5.41, 5.74) is 0.504. The minimum absolute atomic E-state index is 0.504. The van der Waals surface area contributed by atoms with E-state index >= 15 is 0 Å². The Bertz CT molecular complexity index is 237. The number of hydrogen-bond acceptors (Lipinski definition) is 2. The first kappa shape index (κ1) is 16.0. The molecule has 1 fully saturated rings. The lowest BCUT2D eigenvalue weighted by atomic mass is 9.67. The van der Waals surface area contributed by atoms with Gasteiger partial charge in [0.25, 0.3) is 0 Å². The van der Waals surface area contributed by atoms with Crippen LogP contribution in [0.5, 0.6) is 0 Å². The van der Waals surface area contributed by atoms with Gasteiger partial charge in [0.1, 0.15) is 0 Å². The summed E-state index contributed by atoms with van der Waals surface area (Å²) in [6.45, 7) is 14.0. The van der Waals surface area contributed by atoms with Crippen LogP contribution in [0.4, 0.5) is 0 Å². The van der Waals surface area contributed by atoms with Crippen molar-refractivity contribution in [2.75, 3.05) is 20.1 Å². The van der Waals surface area contributed by atoms with Gasteiger partial charge >= 0.3 is 0 Å². The maximum Gasteiger partial charge on any atom is 0.0249 e. The molecule has 3 unspecified atom stereocenters. The first-order chi connectivity index (χ1) is 8.46. The molecule has 0 aromatic heterocycles. The molecule has 0 aromatic rings. The Morgan fingerprint density at radius 1 is 1.17 bits per heavy atom. The summed E-state index contributed by atoms with van der Waals surface area (Å²) in [5, 5.41) is 3.70. The maximum absolute atomic E-state index is 3.70. The van der Waals surface area contributed by atoms with Crippen molar-refractivity contribution < 1.29 is 0 Å². The Balaban J connectivity index is 2.72. The normalized spacial score (nSPS) is 29.8. The van der Waals surface area contributed by atoms with Crippen molar-refractivity contribution >= 4 is 0 Å². The van der Waals surface area contributed by atoms with Crippen molar-refractivity contribution in [3.05, 3.63) is 0 Å². The van der Waals surface area contributed by atoms with E-state index in [1.165, 1.54) is 25.7 Å². The van der Waals surface area contributed by atoms with Gasteiger partial charge in [-0.15, -0.1) is 0 Å². The third-order valence-electron chi connectivity index (χ3n) is 5.36. The predicted octanol–water partition coefficient (Wildman–Crippen LogP) is 3.52. The first-order valence-electron chi connectivity index (χ1n) is 7.89. The molecule has 0 radical (unpaired) electrons. The Morgan fingerprint density at radius 2 is 1.83 bits per heavy atom. The summed E-state index contributed by atoms with van der Waals surface area (Å²) in [4.78, 5) is 2.55. The summed E-state index contributed by atoms with van der Waals surface area (Å²) in [6.07, 6.45) is 5.40. The fourth-order valence-electron chi connectivity index (χ4n) is 3.37. The van der Waals surface area contributed by atoms with Gasteiger partial charge in [0.05, 0.1) is 0 Å². The fourth-order valence-corrected chi connectivity index (χ4v) is 3.37. The molecular weight excluding hydrogens is 220 g/mol. The average Bonchev–Trinajstić information content (AvgIpc) is 2.38. The minimum atomic E-state index is 0.504. The van der Waals surface area contributed by atoms with Gasteiger partial charge < -0.3 is 10.2 Å². The molecule has 0 aromatic carbocycles. The summed E-state index contributed by atoms with van der Waals surface area (Å²) in [5.74, 6) is 0.886. The molecule has 1 saturated carbocycles. The van der Waals surface area contributed by atoms with Crippen LogP contribution >= 0.6 is 0 Å². The lowest BCUT2D eigenvalue weighted by Gasteiger charge is -2.46. The number of rotatable bonds is 6. The second kappa shape index (κ2) is 6.91. The lowest BCUT2D eigenvalue weighted by Crippen LogP contribution is -2.53. The molecule has 0 aliphatic heterocycles. The molecule has 2 nitrogen and oxygen atoms in total. The van der Waals surface area contributed by atoms with Crippen LogP contribution in [0.1, 0.15) is 60.3 Å². The van der Waals surface area contributed by atoms with Crippen LogP contribution in [0.2, 0.25) is 0 Å². The van der Waals surface area contributed by atoms with Crippen molar-refractivity contribution in [3.8, 4) is 0 Å². The smallest absolute Gasteiger partial charge is 0.0249 e. The molecule has 1 aliphatic rings. The van der Waals surface area contributed by atoms with Crippen molar-refractivity contribution in [1.82, 2.24) is 10.2 Å². The Morgan fingerprint density at radius 3 is 2.33 bits per heavy atom. The van der Waals surface area contributed by atoms with Crippen LogP contribution in [0.3, 0.4) is 0 Å². The van der Waals surface area contributed by atoms with Crippen molar-refractivity contribution in [2.45, 2.75) is 72.4 Å². The summed E-state index contributed by atoms with van der Waals surface area (Å²) < 4.78 is 0. The zero-order valence-electron chi connectivity index (χ0n) is 13.4. The zero-order chi connectivity index (χ0) is 13.8. The van der Waals surface area contributed by atoms with E-state index < -0.39 is 0 Å². The number of nitrogens with zero attached hydrogens (tertiary/aromatic N) is 1. The van der Waals surface area contributed by atoms with Gasteiger partial charge in [-0.25, -0.2) is 0 Å². The van der Waals surface area contributed by atoms with Gasteiger partial charge in [-0.3, -0.25) is 0 Å². The van der Waals surface area contributed by atoms with Crippen molar-refractivity contribution in [3.63, 3.8) is 0 Å². The Kier molecular flexibility index (Phi) is 6.13. The number of hydrogen-bond donors (Lipinski definition) is 1. The highest BCUT2D eigenvalue weighted by atomic mass is 15.2. The fraction of sp³-hybridized carbons (Fsp3) is 1.00. The lowest BCUT2D eigenvalue weighted by molar-refractivity contribution is 0.0651. The van der Waals surface area contributed by atoms with Gasteiger partial charge in [0.2, 0.25) is 0 Å². The van der Waals surface area contributed by atoms with Crippen LogP contribution in [-0.4, -0.2) is 37.1 Å². The van der Waals surface area contributed by atoms with Gasteiger partial charge in [-0.05, 0) is 50.7 Å². The van der Waals surface area contributed by atoms with Crippen molar-refractivity contribution in [2.24, 2.45) is 11.3 Å². The number of likely N-dealkylation sites (N-methyl/N-ethyl adjacent to an activating group) is 2. The van der Waals surface area contributed by atoms with E-state index in [4.69, 9.17) is 0 Å². The molecule has 2 heteroatoms. The topological polar surface area (TPSA) is 15.3 Å². The van der Waals surface area contributed by atoms with Gasteiger partial charge in [-0.2, -0.15) is 0 Å². The second-order valence-electron chi connectivity index (χ2n) is 6.66. The predicted molar refractivity (Wildman–Crippen MR) is 81.0 cm³/mol. The van der Waals surface area contributed by atoms with E-state index in [1.54, 1.807) is 0 Å². The SMILES string of the molecule is CCNC1CCC(C(C)(C)CC)CC1N(C)CC. The van der Waals surface area contributed by atoms with E-state index in [0.29, 0.717) is 11.5 Å². The molecule has 0 heterocycles. The van der Waals surface area contributed by atoms with E-state index in [2.05, 4.69) is 51.9 Å². The van der Waals surface area contributed by atoms with E-state index in [9.17, 15) is 0 Å². The van der Waals surface area contributed by atoms with Gasteiger partial charge in [0, 0.05) is 12.1 Å². The zero-order valence-corrected chi connectivity index (χ0v) is 13.4. The van der Waals surface area contributed by atoms with Gasteiger partial charge in [0.15, 0.2) is 0 Å².